The Morgan fingerprint density at radius 1 is 1.10 bits per heavy atom. The molecule has 0 aliphatic heterocycles. The number of hydrogen-bond acceptors (Lipinski definition) is 5. The van der Waals surface area contributed by atoms with Crippen molar-refractivity contribution >= 4 is 11.6 Å². The fraction of sp³-hybridized carbons (Fsp3) is 0.0909. The second-order valence-electron chi connectivity index (χ2n) is 6.66. The van der Waals surface area contributed by atoms with Crippen LogP contribution in [0.25, 0.3) is 5.82 Å². The van der Waals surface area contributed by atoms with Crippen LogP contribution in [0.1, 0.15) is 28.5 Å². The van der Waals surface area contributed by atoms with Gasteiger partial charge in [0.05, 0.1) is 41.4 Å². The first-order chi connectivity index (χ1) is 14.5. The number of aliphatic hydroxyl groups is 1. The van der Waals surface area contributed by atoms with Gasteiger partial charge in [0.15, 0.2) is 0 Å². The number of aliphatic hydroxyl groups excluding tert-OH is 1. The number of imidazole rings is 1. The van der Waals surface area contributed by atoms with Crippen molar-refractivity contribution in [1.82, 2.24) is 19.1 Å². The fourth-order valence-electron chi connectivity index (χ4n) is 3.09. The number of rotatable bonds is 5. The van der Waals surface area contributed by atoms with E-state index in [1.54, 1.807) is 49.1 Å². The highest BCUT2D eigenvalue weighted by Gasteiger charge is 2.16. The Morgan fingerprint density at radius 2 is 1.90 bits per heavy atom. The van der Waals surface area contributed by atoms with Crippen molar-refractivity contribution < 1.29 is 5.11 Å². The van der Waals surface area contributed by atoms with Crippen LogP contribution in [0.5, 0.6) is 0 Å². The lowest BCUT2D eigenvalue weighted by atomic mass is 10.1. The number of hydrogen-bond donors (Lipinski definition) is 1. The summed E-state index contributed by atoms with van der Waals surface area (Å²) in [5, 5.41) is 20.1. The smallest absolute Gasteiger partial charge is 0.256 e. The van der Waals surface area contributed by atoms with Crippen molar-refractivity contribution in [3.05, 3.63) is 111 Å². The van der Waals surface area contributed by atoms with Gasteiger partial charge >= 0.3 is 0 Å². The summed E-state index contributed by atoms with van der Waals surface area (Å²) in [7, 11) is 0. The van der Waals surface area contributed by atoms with Crippen molar-refractivity contribution in [3.8, 4) is 11.9 Å². The summed E-state index contributed by atoms with van der Waals surface area (Å²) < 4.78 is 3.20. The molecule has 4 aromatic rings. The second-order valence-corrected chi connectivity index (χ2v) is 7.10. The van der Waals surface area contributed by atoms with Crippen molar-refractivity contribution in [2.75, 3.05) is 0 Å². The third-order valence-electron chi connectivity index (χ3n) is 4.66. The topological polar surface area (TPSA) is 96.7 Å². The van der Waals surface area contributed by atoms with E-state index >= 15 is 0 Å². The highest BCUT2D eigenvalue weighted by Crippen LogP contribution is 2.23. The third-order valence-corrected chi connectivity index (χ3v) is 4.89. The Balaban J connectivity index is 1.56. The van der Waals surface area contributed by atoms with Gasteiger partial charge in [-0.15, -0.1) is 0 Å². The predicted octanol–water partition coefficient (Wildman–Crippen LogP) is 3.08. The molecule has 30 heavy (non-hydrogen) atoms. The summed E-state index contributed by atoms with van der Waals surface area (Å²) in [6.07, 6.45) is 5.56. The van der Waals surface area contributed by atoms with E-state index in [2.05, 4.69) is 16.0 Å². The van der Waals surface area contributed by atoms with Gasteiger partial charge in [-0.05, 0) is 35.4 Å². The Bertz CT molecular complexity index is 1270. The minimum absolute atomic E-state index is 0.220. The molecule has 1 aromatic carbocycles. The van der Waals surface area contributed by atoms with Gasteiger partial charge in [-0.2, -0.15) is 5.26 Å². The molecule has 0 radical (unpaired) electrons. The van der Waals surface area contributed by atoms with Gasteiger partial charge in [0.2, 0.25) is 0 Å². The summed E-state index contributed by atoms with van der Waals surface area (Å²) in [5.41, 5.74) is 2.48. The molecule has 0 amide bonds. The van der Waals surface area contributed by atoms with Gasteiger partial charge in [-0.25, -0.2) is 9.97 Å². The van der Waals surface area contributed by atoms with Crippen LogP contribution in [-0.4, -0.2) is 24.2 Å². The average Bonchev–Trinajstić information content (AvgIpc) is 3.23. The maximum absolute atomic E-state index is 12.0. The Labute approximate surface area is 177 Å². The molecule has 0 spiro atoms. The second kappa shape index (κ2) is 8.33. The van der Waals surface area contributed by atoms with Crippen LogP contribution in [0.4, 0.5) is 0 Å². The molecule has 4 rings (SSSR count). The van der Waals surface area contributed by atoms with Gasteiger partial charge in [-0.3, -0.25) is 9.36 Å². The van der Waals surface area contributed by atoms with E-state index in [9.17, 15) is 9.90 Å². The summed E-state index contributed by atoms with van der Waals surface area (Å²) in [5.74, 6) is 0.467. The number of nitriles is 1. The van der Waals surface area contributed by atoms with Gasteiger partial charge in [-0.1, -0.05) is 29.8 Å². The maximum Gasteiger partial charge on any atom is 0.256 e. The summed E-state index contributed by atoms with van der Waals surface area (Å²) in [6, 6.07) is 15.4. The van der Waals surface area contributed by atoms with Crippen molar-refractivity contribution in [3.63, 3.8) is 0 Å². The van der Waals surface area contributed by atoms with Gasteiger partial charge in [0, 0.05) is 18.5 Å². The Kier molecular flexibility index (Phi) is 5.44. The van der Waals surface area contributed by atoms with Crippen LogP contribution in [0, 0.1) is 11.3 Å². The zero-order valence-corrected chi connectivity index (χ0v) is 16.4. The monoisotopic (exact) mass is 417 g/mol. The summed E-state index contributed by atoms with van der Waals surface area (Å²) in [4.78, 5) is 20.5. The minimum atomic E-state index is -0.877. The van der Waals surface area contributed by atoms with Crippen LogP contribution < -0.4 is 5.56 Å². The standard InChI is InChI=1S/C22H16ClN5O2/c23-18-6-8-21(29)28(13-18)20-7-3-16(10-26-20)12-27-14-25-11-19(27)22(30)17-4-1-15(9-24)2-5-17/h1-8,10-11,13-14,22,30H,12H2. The summed E-state index contributed by atoms with van der Waals surface area (Å²) in [6.45, 7) is 0.445. The Morgan fingerprint density at radius 3 is 2.60 bits per heavy atom. The molecule has 0 bridgehead atoms. The first-order valence-corrected chi connectivity index (χ1v) is 9.44. The third kappa shape index (κ3) is 4.01. The SMILES string of the molecule is N#Cc1ccc(C(O)c2cncn2Cc2ccc(-n3cc(Cl)ccc3=O)nc2)cc1. The van der Waals surface area contributed by atoms with Crippen molar-refractivity contribution in [2.45, 2.75) is 12.6 Å². The van der Waals surface area contributed by atoms with Gasteiger partial charge in [0.25, 0.3) is 5.56 Å². The van der Waals surface area contributed by atoms with E-state index < -0.39 is 6.10 Å². The molecule has 0 saturated heterocycles. The molecule has 148 valence electrons. The highest BCUT2D eigenvalue weighted by atomic mass is 35.5. The molecule has 0 fully saturated rings. The molecule has 7 nitrogen and oxygen atoms in total. The van der Waals surface area contributed by atoms with E-state index in [0.29, 0.717) is 34.2 Å². The minimum Gasteiger partial charge on any atom is -0.382 e. The summed E-state index contributed by atoms with van der Waals surface area (Å²) >= 11 is 5.97. The van der Waals surface area contributed by atoms with E-state index in [1.165, 1.54) is 22.9 Å². The number of benzene rings is 1. The molecule has 1 unspecified atom stereocenters. The predicted molar refractivity (Wildman–Crippen MR) is 111 cm³/mol. The fourth-order valence-corrected chi connectivity index (χ4v) is 3.25. The highest BCUT2D eigenvalue weighted by molar-refractivity contribution is 6.30. The Hall–Kier alpha value is -3.73. The lowest BCUT2D eigenvalue weighted by Crippen LogP contribution is -2.17. The lowest BCUT2D eigenvalue weighted by molar-refractivity contribution is 0.210. The molecule has 1 N–H and O–H groups in total. The first-order valence-electron chi connectivity index (χ1n) is 9.07. The maximum atomic E-state index is 12.0. The number of aromatic nitrogens is 4. The molecule has 0 aliphatic carbocycles. The van der Waals surface area contributed by atoms with Gasteiger partial charge < -0.3 is 9.67 Å². The lowest BCUT2D eigenvalue weighted by Gasteiger charge is -2.14. The quantitative estimate of drug-likeness (QED) is 0.538. The van der Waals surface area contributed by atoms with Crippen molar-refractivity contribution in [2.24, 2.45) is 0 Å². The number of halogens is 1. The molecule has 8 heteroatoms. The van der Waals surface area contributed by atoms with Gasteiger partial charge in [0.1, 0.15) is 11.9 Å². The van der Waals surface area contributed by atoms with Crippen LogP contribution >= 0.6 is 11.6 Å². The van der Waals surface area contributed by atoms with Crippen molar-refractivity contribution in [1.29, 1.82) is 5.26 Å². The molecule has 3 aromatic heterocycles. The van der Waals surface area contributed by atoms with E-state index in [4.69, 9.17) is 16.9 Å². The van der Waals surface area contributed by atoms with Crippen LogP contribution in [0.2, 0.25) is 5.02 Å². The molecule has 1 atom stereocenters. The van der Waals surface area contributed by atoms with Crippen LogP contribution in [0.15, 0.2) is 78.2 Å². The molecular weight excluding hydrogens is 402 g/mol. The largest absolute Gasteiger partial charge is 0.382 e. The molecule has 0 saturated carbocycles. The zero-order valence-electron chi connectivity index (χ0n) is 15.7. The van der Waals surface area contributed by atoms with Crippen LogP contribution in [0.3, 0.4) is 0 Å². The molecular formula is C22H16ClN5O2. The van der Waals surface area contributed by atoms with E-state index in [1.807, 2.05) is 10.6 Å². The van der Waals surface area contributed by atoms with Crippen LogP contribution in [-0.2, 0) is 6.54 Å². The first kappa shape index (κ1) is 19.6. The number of nitrogens with zero attached hydrogens (tertiary/aromatic N) is 5. The normalized spacial score (nSPS) is 11.8. The molecule has 3 heterocycles. The van der Waals surface area contributed by atoms with E-state index in [0.717, 1.165) is 5.56 Å². The average molecular weight is 418 g/mol. The zero-order chi connectivity index (χ0) is 21.1. The van der Waals surface area contributed by atoms with E-state index in [-0.39, 0.29) is 5.56 Å². The number of pyridine rings is 2. The molecule has 0 aliphatic rings.